The van der Waals surface area contributed by atoms with E-state index in [1.54, 1.807) is 18.6 Å². The molecule has 0 radical (unpaired) electrons. The first-order valence-electron chi connectivity index (χ1n) is 4.46. The van der Waals surface area contributed by atoms with Gasteiger partial charge in [0.25, 0.3) is 0 Å². The molecular weight excluding hydrogens is 256 g/mol. The highest BCUT2D eigenvalue weighted by Crippen LogP contribution is 2.20. The lowest BCUT2D eigenvalue weighted by Gasteiger charge is -2.06. The lowest BCUT2D eigenvalue weighted by Crippen LogP contribution is -2.02. The van der Waals surface area contributed by atoms with Crippen molar-refractivity contribution in [1.29, 1.82) is 0 Å². The summed E-state index contributed by atoms with van der Waals surface area (Å²) in [6.45, 7) is 0.649. The van der Waals surface area contributed by atoms with E-state index in [0.717, 1.165) is 15.9 Å². The molecule has 0 bridgehead atoms. The second-order valence-electron chi connectivity index (χ2n) is 2.92. The van der Waals surface area contributed by atoms with Crippen molar-refractivity contribution in [2.75, 3.05) is 5.32 Å². The van der Waals surface area contributed by atoms with E-state index in [4.69, 9.17) is 0 Å². The SMILES string of the molecule is Brc1cnccc1NCc1cccnn1. The van der Waals surface area contributed by atoms with E-state index in [0.29, 0.717) is 6.54 Å². The molecule has 0 aliphatic rings. The molecule has 76 valence electrons. The van der Waals surface area contributed by atoms with Gasteiger partial charge in [0, 0.05) is 18.6 Å². The summed E-state index contributed by atoms with van der Waals surface area (Å²) in [5, 5.41) is 11.0. The van der Waals surface area contributed by atoms with Crippen molar-refractivity contribution in [2.45, 2.75) is 6.54 Å². The first-order valence-corrected chi connectivity index (χ1v) is 5.25. The molecule has 2 aromatic heterocycles. The molecule has 0 atom stereocenters. The van der Waals surface area contributed by atoms with Crippen LogP contribution in [0.15, 0.2) is 41.3 Å². The Hall–Kier alpha value is -1.49. The largest absolute Gasteiger partial charge is 0.378 e. The van der Waals surface area contributed by atoms with E-state index < -0.39 is 0 Å². The molecule has 0 aromatic carbocycles. The molecule has 0 unspecified atom stereocenters. The number of aromatic nitrogens is 3. The zero-order valence-electron chi connectivity index (χ0n) is 7.89. The number of hydrogen-bond donors (Lipinski definition) is 1. The van der Waals surface area contributed by atoms with Gasteiger partial charge in [-0.15, -0.1) is 0 Å². The highest BCUT2D eigenvalue weighted by molar-refractivity contribution is 9.10. The Labute approximate surface area is 95.9 Å². The summed E-state index contributed by atoms with van der Waals surface area (Å²) >= 11 is 3.41. The third-order valence-corrected chi connectivity index (χ3v) is 2.49. The smallest absolute Gasteiger partial charge is 0.0821 e. The molecule has 0 aliphatic heterocycles. The molecule has 2 heterocycles. The van der Waals surface area contributed by atoms with Crippen LogP contribution in [0.2, 0.25) is 0 Å². The van der Waals surface area contributed by atoms with Gasteiger partial charge in [-0.1, -0.05) is 0 Å². The van der Waals surface area contributed by atoms with Crippen LogP contribution in [-0.2, 0) is 6.54 Å². The van der Waals surface area contributed by atoms with Gasteiger partial charge in [-0.3, -0.25) is 4.98 Å². The molecule has 2 aromatic rings. The summed E-state index contributed by atoms with van der Waals surface area (Å²) in [6, 6.07) is 5.70. The average Bonchev–Trinajstić information content (AvgIpc) is 2.29. The standard InChI is InChI=1S/C10H9BrN4/c11-9-7-12-5-3-10(9)13-6-8-2-1-4-14-15-8/h1-5,7H,6H2,(H,12,13). The van der Waals surface area contributed by atoms with Crippen LogP contribution in [0.25, 0.3) is 0 Å². The van der Waals surface area contributed by atoms with Gasteiger partial charge >= 0.3 is 0 Å². The fourth-order valence-electron chi connectivity index (χ4n) is 1.13. The Morgan fingerprint density at radius 3 is 2.93 bits per heavy atom. The van der Waals surface area contributed by atoms with Gasteiger partial charge in [-0.2, -0.15) is 10.2 Å². The zero-order chi connectivity index (χ0) is 10.5. The summed E-state index contributed by atoms with van der Waals surface area (Å²) in [7, 11) is 0. The first-order chi connectivity index (χ1) is 7.36. The van der Waals surface area contributed by atoms with E-state index in [2.05, 4.69) is 36.4 Å². The molecule has 0 aliphatic carbocycles. The van der Waals surface area contributed by atoms with Gasteiger partial charge in [0.15, 0.2) is 0 Å². The van der Waals surface area contributed by atoms with Crippen molar-refractivity contribution < 1.29 is 0 Å². The molecule has 2 rings (SSSR count). The van der Waals surface area contributed by atoms with Gasteiger partial charge in [0.1, 0.15) is 0 Å². The number of pyridine rings is 1. The van der Waals surface area contributed by atoms with Gasteiger partial charge < -0.3 is 5.32 Å². The summed E-state index contributed by atoms with van der Waals surface area (Å²) < 4.78 is 0.939. The fraction of sp³-hybridized carbons (Fsp3) is 0.100. The fourth-order valence-corrected chi connectivity index (χ4v) is 1.52. The van der Waals surface area contributed by atoms with Crippen molar-refractivity contribution in [3.63, 3.8) is 0 Å². The molecule has 0 saturated heterocycles. The first kappa shape index (κ1) is 10.0. The zero-order valence-corrected chi connectivity index (χ0v) is 9.48. The molecule has 0 saturated carbocycles. The van der Waals surface area contributed by atoms with Crippen molar-refractivity contribution in [1.82, 2.24) is 15.2 Å². The van der Waals surface area contributed by atoms with Gasteiger partial charge in [0.05, 0.1) is 22.4 Å². The molecular formula is C10H9BrN4. The van der Waals surface area contributed by atoms with Crippen molar-refractivity contribution in [2.24, 2.45) is 0 Å². The van der Waals surface area contributed by atoms with E-state index in [9.17, 15) is 0 Å². The predicted molar refractivity (Wildman–Crippen MR) is 61.3 cm³/mol. The maximum atomic E-state index is 3.99. The van der Waals surface area contributed by atoms with E-state index >= 15 is 0 Å². The number of nitrogens with zero attached hydrogens (tertiary/aromatic N) is 3. The van der Waals surface area contributed by atoms with E-state index in [-0.39, 0.29) is 0 Å². The number of halogens is 1. The van der Waals surface area contributed by atoms with Crippen LogP contribution in [0, 0.1) is 0 Å². The third-order valence-electron chi connectivity index (χ3n) is 1.86. The number of rotatable bonds is 3. The normalized spacial score (nSPS) is 9.93. The van der Waals surface area contributed by atoms with Crippen LogP contribution in [0.1, 0.15) is 5.69 Å². The highest BCUT2D eigenvalue weighted by Gasteiger charge is 1.98. The Balaban J connectivity index is 2.03. The summed E-state index contributed by atoms with van der Waals surface area (Å²) in [4.78, 5) is 3.99. The minimum absolute atomic E-state index is 0.649. The molecule has 0 fully saturated rings. The topological polar surface area (TPSA) is 50.7 Å². The minimum atomic E-state index is 0.649. The molecule has 4 nitrogen and oxygen atoms in total. The van der Waals surface area contributed by atoms with Crippen LogP contribution in [0.3, 0.4) is 0 Å². The van der Waals surface area contributed by atoms with Gasteiger partial charge in [0.2, 0.25) is 0 Å². The highest BCUT2D eigenvalue weighted by atomic mass is 79.9. The Kier molecular flexibility index (Phi) is 3.24. The molecule has 1 N–H and O–H groups in total. The van der Waals surface area contributed by atoms with E-state index in [1.807, 2.05) is 18.2 Å². The Morgan fingerprint density at radius 1 is 1.27 bits per heavy atom. The van der Waals surface area contributed by atoms with Crippen LogP contribution in [-0.4, -0.2) is 15.2 Å². The van der Waals surface area contributed by atoms with Crippen LogP contribution < -0.4 is 5.32 Å². The van der Waals surface area contributed by atoms with Crippen molar-refractivity contribution in [3.05, 3.63) is 47.0 Å². The van der Waals surface area contributed by atoms with Crippen LogP contribution in [0.4, 0.5) is 5.69 Å². The lowest BCUT2D eigenvalue weighted by molar-refractivity contribution is 0.924. The summed E-state index contributed by atoms with van der Waals surface area (Å²) in [5.74, 6) is 0. The van der Waals surface area contributed by atoms with E-state index in [1.165, 1.54) is 0 Å². The minimum Gasteiger partial charge on any atom is -0.378 e. The quantitative estimate of drug-likeness (QED) is 0.924. The van der Waals surface area contributed by atoms with Gasteiger partial charge in [-0.05, 0) is 34.1 Å². The number of hydrogen-bond acceptors (Lipinski definition) is 4. The maximum absolute atomic E-state index is 3.99. The van der Waals surface area contributed by atoms with Crippen LogP contribution in [0.5, 0.6) is 0 Å². The summed E-state index contributed by atoms with van der Waals surface area (Å²) in [6.07, 6.45) is 5.15. The predicted octanol–water partition coefficient (Wildman–Crippen LogP) is 2.25. The van der Waals surface area contributed by atoms with Crippen molar-refractivity contribution >= 4 is 21.6 Å². The number of anilines is 1. The second kappa shape index (κ2) is 4.84. The second-order valence-corrected chi connectivity index (χ2v) is 3.78. The molecule has 0 amide bonds. The molecule has 0 spiro atoms. The summed E-state index contributed by atoms with van der Waals surface area (Å²) in [5.41, 5.74) is 1.90. The monoisotopic (exact) mass is 264 g/mol. The Morgan fingerprint density at radius 2 is 2.20 bits per heavy atom. The molecule has 5 heteroatoms. The third kappa shape index (κ3) is 2.73. The number of nitrogens with one attached hydrogen (secondary N) is 1. The Bertz CT molecular complexity index is 432. The van der Waals surface area contributed by atoms with Crippen LogP contribution >= 0.6 is 15.9 Å². The average molecular weight is 265 g/mol. The van der Waals surface area contributed by atoms with Crippen molar-refractivity contribution in [3.8, 4) is 0 Å². The van der Waals surface area contributed by atoms with Gasteiger partial charge in [-0.25, -0.2) is 0 Å². The molecule has 15 heavy (non-hydrogen) atoms. The maximum Gasteiger partial charge on any atom is 0.0821 e. The lowest BCUT2D eigenvalue weighted by atomic mass is 10.3.